The second kappa shape index (κ2) is 7.29. The Morgan fingerprint density at radius 2 is 2.25 bits per heavy atom. The summed E-state index contributed by atoms with van der Waals surface area (Å²) in [5.41, 5.74) is 2.54. The Bertz CT molecular complexity index is 442. The highest BCUT2D eigenvalue weighted by Crippen LogP contribution is 2.15. The van der Waals surface area contributed by atoms with Gasteiger partial charge in [0.1, 0.15) is 0 Å². The number of nitrogens with one attached hydrogen (secondary N) is 2. The molecule has 1 saturated heterocycles. The first-order valence-electron chi connectivity index (χ1n) is 7.37. The molecule has 0 unspecified atom stereocenters. The number of benzene rings is 1. The minimum absolute atomic E-state index is 0.0657. The van der Waals surface area contributed by atoms with Gasteiger partial charge in [0.15, 0.2) is 0 Å². The minimum atomic E-state index is -0.110. The Balaban J connectivity index is 1.68. The van der Waals surface area contributed by atoms with Crippen LogP contribution in [0.15, 0.2) is 24.3 Å². The average Bonchev–Trinajstić information content (AvgIpc) is 2.95. The van der Waals surface area contributed by atoms with E-state index in [1.165, 1.54) is 11.1 Å². The summed E-state index contributed by atoms with van der Waals surface area (Å²) in [6, 6.07) is 8.21. The van der Waals surface area contributed by atoms with Gasteiger partial charge < -0.3 is 15.4 Å². The van der Waals surface area contributed by atoms with E-state index in [-0.39, 0.29) is 18.2 Å². The van der Waals surface area contributed by atoms with Crippen LogP contribution in [0.2, 0.25) is 0 Å². The van der Waals surface area contributed by atoms with Crippen molar-refractivity contribution >= 4 is 6.03 Å². The van der Waals surface area contributed by atoms with Gasteiger partial charge in [-0.1, -0.05) is 24.3 Å². The molecule has 0 aliphatic carbocycles. The Kier molecular flexibility index (Phi) is 5.41. The molecule has 2 rings (SSSR count). The zero-order valence-corrected chi connectivity index (χ0v) is 12.3. The molecule has 1 fully saturated rings. The van der Waals surface area contributed by atoms with E-state index in [0.29, 0.717) is 6.54 Å². The lowest BCUT2D eigenvalue weighted by Crippen LogP contribution is -2.46. The van der Waals surface area contributed by atoms with Crippen LogP contribution in [0.25, 0.3) is 0 Å². The largest absolute Gasteiger partial charge is 0.376 e. The van der Waals surface area contributed by atoms with Crippen LogP contribution in [0.1, 0.15) is 30.9 Å². The number of amides is 2. The summed E-state index contributed by atoms with van der Waals surface area (Å²) >= 11 is 0. The molecule has 1 aromatic carbocycles. The molecule has 4 heteroatoms. The second-order valence-corrected chi connectivity index (χ2v) is 5.42. The molecule has 1 aromatic rings. The van der Waals surface area contributed by atoms with E-state index in [1.807, 2.05) is 19.1 Å². The Morgan fingerprint density at radius 3 is 2.95 bits per heavy atom. The van der Waals surface area contributed by atoms with Gasteiger partial charge in [0.25, 0.3) is 0 Å². The molecule has 1 aliphatic rings. The summed E-state index contributed by atoms with van der Waals surface area (Å²) in [5.74, 6) is 0. The predicted octanol–water partition coefficient (Wildman–Crippen LogP) is 2.40. The monoisotopic (exact) mass is 276 g/mol. The minimum Gasteiger partial charge on any atom is -0.376 e. The van der Waals surface area contributed by atoms with Crippen LogP contribution < -0.4 is 10.6 Å². The lowest BCUT2D eigenvalue weighted by molar-refractivity contribution is 0.0860. The van der Waals surface area contributed by atoms with Gasteiger partial charge >= 0.3 is 6.03 Å². The maximum absolute atomic E-state index is 11.8. The SMILES string of the molecule is Cc1ccccc1CCNC(=O)N[C@@H](C)[C@@H]1CCCO1. The molecule has 0 saturated carbocycles. The van der Waals surface area contributed by atoms with E-state index in [4.69, 9.17) is 4.74 Å². The molecule has 0 spiro atoms. The summed E-state index contributed by atoms with van der Waals surface area (Å²) in [6.07, 6.45) is 3.14. The number of urea groups is 1. The van der Waals surface area contributed by atoms with Crippen molar-refractivity contribution in [2.45, 2.75) is 45.3 Å². The summed E-state index contributed by atoms with van der Waals surface area (Å²) in [5, 5.41) is 5.85. The molecule has 4 nitrogen and oxygen atoms in total. The maximum atomic E-state index is 11.8. The van der Waals surface area contributed by atoms with Gasteiger partial charge in [-0.15, -0.1) is 0 Å². The van der Waals surface area contributed by atoms with E-state index >= 15 is 0 Å². The lowest BCUT2D eigenvalue weighted by Gasteiger charge is -2.20. The number of rotatable bonds is 5. The van der Waals surface area contributed by atoms with Gasteiger partial charge in [-0.3, -0.25) is 0 Å². The smallest absolute Gasteiger partial charge is 0.315 e. The number of hydrogen-bond acceptors (Lipinski definition) is 2. The molecule has 1 aliphatic heterocycles. The van der Waals surface area contributed by atoms with Gasteiger partial charge in [0.05, 0.1) is 12.1 Å². The van der Waals surface area contributed by atoms with E-state index in [9.17, 15) is 4.79 Å². The van der Waals surface area contributed by atoms with Crippen LogP contribution >= 0.6 is 0 Å². The quantitative estimate of drug-likeness (QED) is 0.867. The van der Waals surface area contributed by atoms with Gasteiger partial charge in [0, 0.05) is 13.2 Å². The molecule has 0 radical (unpaired) electrons. The van der Waals surface area contributed by atoms with Crippen LogP contribution in [-0.2, 0) is 11.2 Å². The zero-order valence-electron chi connectivity index (χ0n) is 12.3. The second-order valence-electron chi connectivity index (χ2n) is 5.42. The van der Waals surface area contributed by atoms with Crippen molar-refractivity contribution in [3.63, 3.8) is 0 Å². The normalized spacial score (nSPS) is 19.6. The Labute approximate surface area is 120 Å². The van der Waals surface area contributed by atoms with Gasteiger partial charge in [-0.25, -0.2) is 4.79 Å². The molecule has 2 amide bonds. The maximum Gasteiger partial charge on any atom is 0.315 e. The van der Waals surface area contributed by atoms with Crippen molar-refractivity contribution in [1.29, 1.82) is 0 Å². The van der Waals surface area contributed by atoms with Crippen molar-refractivity contribution in [2.24, 2.45) is 0 Å². The van der Waals surface area contributed by atoms with Crippen molar-refractivity contribution in [1.82, 2.24) is 10.6 Å². The highest BCUT2D eigenvalue weighted by Gasteiger charge is 2.23. The van der Waals surface area contributed by atoms with Crippen molar-refractivity contribution in [2.75, 3.05) is 13.2 Å². The van der Waals surface area contributed by atoms with E-state index < -0.39 is 0 Å². The van der Waals surface area contributed by atoms with Crippen molar-refractivity contribution < 1.29 is 9.53 Å². The number of carbonyl (C=O) groups is 1. The van der Waals surface area contributed by atoms with Crippen molar-refractivity contribution in [3.05, 3.63) is 35.4 Å². The first kappa shape index (κ1) is 14.9. The highest BCUT2D eigenvalue weighted by molar-refractivity contribution is 5.74. The van der Waals surface area contributed by atoms with Crippen LogP contribution in [0.5, 0.6) is 0 Å². The van der Waals surface area contributed by atoms with Crippen LogP contribution in [-0.4, -0.2) is 31.3 Å². The van der Waals surface area contributed by atoms with Crippen LogP contribution in [0.3, 0.4) is 0 Å². The molecule has 110 valence electrons. The fourth-order valence-corrected chi connectivity index (χ4v) is 2.55. The van der Waals surface area contributed by atoms with E-state index in [1.54, 1.807) is 0 Å². The zero-order chi connectivity index (χ0) is 14.4. The standard InChI is InChI=1S/C16H24N2O2/c1-12-6-3-4-7-14(12)9-10-17-16(19)18-13(2)15-8-5-11-20-15/h3-4,6-7,13,15H,5,8-11H2,1-2H3,(H2,17,18,19)/t13-,15-/m0/s1. The summed E-state index contributed by atoms with van der Waals surface area (Å²) in [6.45, 7) is 5.55. The molecule has 20 heavy (non-hydrogen) atoms. The first-order valence-corrected chi connectivity index (χ1v) is 7.37. The van der Waals surface area contributed by atoms with Gasteiger partial charge in [-0.05, 0) is 44.2 Å². The third kappa shape index (κ3) is 4.23. The van der Waals surface area contributed by atoms with Crippen molar-refractivity contribution in [3.8, 4) is 0 Å². The Hall–Kier alpha value is -1.55. The molecule has 2 N–H and O–H groups in total. The number of aryl methyl sites for hydroxylation is 1. The van der Waals surface area contributed by atoms with Crippen LogP contribution in [0, 0.1) is 6.92 Å². The topological polar surface area (TPSA) is 50.4 Å². The van der Waals surface area contributed by atoms with Gasteiger partial charge in [-0.2, -0.15) is 0 Å². The van der Waals surface area contributed by atoms with E-state index in [0.717, 1.165) is 25.9 Å². The molecule has 2 atom stereocenters. The molecule has 0 bridgehead atoms. The fraction of sp³-hybridized carbons (Fsp3) is 0.562. The number of hydrogen-bond donors (Lipinski definition) is 2. The fourth-order valence-electron chi connectivity index (χ4n) is 2.55. The lowest BCUT2D eigenvalue weighted by atomic mass is 10.1. The molecular weight excluding hydrogens is 252 g/mol. The number of carbonyl (C=O) groups excluding carboxylic acids is 1. The highest BCUT2D eigenvalue weighted by atomic mass is 16.5. The summed E-state index contributed by atoms with van der Waals surface area (Å²) in [7, 11) is 0. The van der Waals surface area contributed by atoms with E-state index in [2.05, 4.69) is 29.7 Å². The molecular formula is C16H24N2O2. The Morgan fingerprint density at radius 1 is 1.45 bits per heavy atom. The number of ether oxygens (including phenoxy) is 1. The summed E-state index contributed by atoms with van der Waals surface area (Å²) < 4.78 is 5.56. The molecule has 0 aromatic heterocycles. The predicted molar refractivity (Wildman–Crippen MR) is 79.9 cm³/mol. The third-order valence-electron chi connectivity index (χ3n) is 3.82. The van der Waals surface area contributed by atoms with Gasteiger partial charge in [0.2, 0.25) is 0 Å². The first-order chi connectivity index (χ1) is 9.66. The molecule has 1 heterocycles. The summed E-state index contributed by atoms with van der Waals surface area (Å²) in [4.78, 5) is 11.8. The third-order valence-corrected chi connectivity index (χ3v) is 3.82. The average molecular weight is 276 g/mol. The van der Waals surface area contributed by atoms with Crippen LogP contribution in [0.4, 0.5) is 4.79 Å².